The summed E-state index contributed by atoms with van der Waals surface area (Å²) < 4.78 is 0.891. The van der Waals surface area contributed by atoms with Gasteiger partial charge in [0.1, 0.15) is 5.75 Å². The normalized spacial score (nSPS) is 10.8. The van der Waals surface area contributed by atoms with E-state index in [2.05, 4.69) is 21.0 Å². The van der Waals surface area contributed by atoms with Gasteiger partial charge in [0, 0.05) is 10.0 Å². The van der Waals surface area contributed by atoms with Crippen molar-refractivity contribution in [1.82, 2.24) is 0 Å². The van der Waals surface area contributed by atoms with E-state index in [1.807, 2.05) is 71.7 Å². The topological polar surface area (TPSA) is 35.8 Å². The second-order valence-corrected chi connectivity index (χ2v) is 5.85. The summed E-state index contributed by atoms with van der Waals surface area (Å²) in [6.07, 6.45) is 1.65. The maximum Gasteiger partial charge on any atom is 0.124 e. The van der Waals surface area contributed by atoms with Gasteiger partial charge in [-0.1, -0.05) is 52.3 Å². The number of hydrazone groups is 1. The lowest BCUT2D eigenvalue weighted by molar-refractivity contribution is 0.474. The van der Waals surface area contributed by atoms with Crippen molar-refractivity contribution in [2.24, 2.45) is 5.10 Å². The second-order valence-electron chi connectivity index (χ2n) is 4.93. The van der Waals surface area contributed by atoms with Crippen molar-refractivity contribution >= 4 is 33.5 Å². The van der Waals surface area contributed by atoms with Crippen LogP contribution in [0.4, 0.5) is 11.4 Å². The second kappa shape index (κ2) is 7.11. The molecule has 3 aromatic carbocycles. The molecular formula is C19H15BrN2O. The Hall–Kier alpha value is -2.59. The standard InChI is InChI=1S/C19H15BrN2O/c20-16-11-12-19(23)15(13-16)14-21-22(17-7-3-1-4-8-17)18-9-5-2-6-10-18/h1-14,23H/b21-14+. The summed E-state index contributed by atoms with van der Waals surface area (Å²) in [6, 6.07) is 25.0. The van der Waals surface area contributed by atoms with Crippen LogP contribution in [0.15, 0.2) is 88.4 Å². The number of para-hydroxylation sites is 2. The molecule has 0 amide bonds. The molecule has 0 aromatic heterocycles. The Balaban J connectivity index is 1.99. The highest BCUT2D eigenvalue weighted by Gasteiger charge is 2.07. The van der Waals surface area contributed by atoms with Gasteiger partial charge in [0.15, 0.2) is 0 Å². The van der Waals surface area contributed by atoms with Crippen LogP contribution in [0.3, 0.4) is 0 Å². The summed E-state index contributed by atoms with van der Waals surface area (Å²) >= 11 is 3.41. The minimum Gasteiger partial charge on any atom is -0.507 e. The van der Waals surface area contributed by atoms with Gasteiger partial charge in [-0.25, -0.2) is 5.01 Å². The first-order valence-electron chi connectivity index (χ1n) is 7.17. The molecule has 3 rings (SSSR count). The van der Waals surface area contributed by atoms with Gasteiger partial charge < -0.3 is 5.11 Å². The van der Waals surface area contributed by atoms with Crippen molar-refractivity contribution in [3.63, 3.8) is 0 Å². The monoisotopic (exact) mass is 366 g/mol. The average Bonchev–Trinajstić information content (AvgIpc) is 2.60. The van der Waals surface area contributed by atoms with Gasteiger partial charge >= 0.3 is 0 Å². The number of hydrogen-bond donors (Lipinski definition) is 1. The molecule has 0 saturated heterocycles. The van der Waals surface area contributed by atoms with Gasteiger partial charge in [0.2, 0.25) is 0 Å². The fraction of sp³-hybridized carbons (Fsp3) is 0. The van der Waals surface area contributed by atoms with Crippen LogP contribution in [-0.2, 0) is 0 Å². The SMILES string of the molecule is Oc1ccc(Br)cc1/C=N/N(c1ccccc1)c1ccccc1. The minimum absolute atomic E-state index is 0.193. The number of hydrogen-bond acceptors (Lipinski definition) is 3. The van der Waals surface area contributed by atoms with Crippen LogP contribution < -0.4 is 5.01 Å². The highest BCUT2D eigenvalue weighted by Crippen LogP contribution is 2.26. The molecule has 0 saturated carbocycles. The highest BCUT2D eigenvalue weighted by atomic mass is 79.9. The molecule has 0 fully saturated rings. The first kappa shape index (κ1) is 15.3. The number of phenols is 1. The summed E-state index contributed by atoms with van der Waals surface area (Å²) in [4.78, 5) is 0. The quantitative estimate of drug-likeness (QED) is 0.500. The lowest BCUT2D eigenvalue weighted by Crippen LogP contribution is -2.09. The number of rotatable bonds is 4. The molecule has 0 aliphatic carbocycles. The first-order chi connectivity index (χ1) is 11.2. The van der Waals surface area contributed by atoms with E-state index < -0.39 is 0 Å². The average molecular weight is 367 g/mol. The number of nitrogens with zero attached hydrogens (tertiary/aromatic N) is 2. The van der Waals surface area contributed by atoms with E-state index in [0.717, 1.165) is 15.8 Å². The molecule has 0 bridgehead atoms. The number of anilines is 2. The molecule has 114 valence electrons. The molecule has 0 aliphatic rings. The molecule has 0 atom stereocenters. The zero-order valence-electron chi connectivity index (χ0n) is 12.3. The van der Waals surface area contributed by atoms with E-state index in [0.29, 0.717) is 5.56 Å². The van der Waals surface area contributed by atoms with Crippen LogP contribution in [0.5, 0.6) is 5.75 Å². The van der Waals surface area contributed by atoms with Crippen LogP contribution in [-0.4, -0.2) is 11.3 Å². The maximum atomic E-state index is 9.96. The fourth-order valence-corrected chi connectivity index (χ4v) is 2.55. The molecule has 3 aromatic rings. The Morgan fingerprint density at radius 3 is 1.96 bits per heavy atom. The zero-order valence-corrected chi connectivity index (χ0v) is 13.9. The Bertz CT molecular complexity index is 765. The zero-order chi connectivity index (χ0) is 16.1. The molecule has 0 unspecified atom stereocenters. The third-order valence-electron chi connectivity index (χ3n) is 3.30. The van der Waals surface area contributed by atoms with Crippen molar-refractivity contribution in [3.8, 4) is 5.75 Å². The number of benzene rings is 3. The van der Waals surface area contributed by atoms with Gasteiger partial charge in [-0.2, -0.15) is 5.10 Å². The summed E-state index contributed by atoms with van der Waals surface area (Å²) in [6.45, 7) is 0. The molecule has 1 N–H and O–H groups in total. The minimum atomic E-state index is 0.193. The maximum absolute atomic E-state index is 9.96. The van der Waals surface area contributed by atoms with E-state index in [9.17, 15) is 5.11 Å². The molecular weight excluding hydrogens is 352 g/mol. The largest absolute Gasteiger partial charge is 0.507 e. The van der Waals surface area contributed by atoms with E-state index in [4.69, 9.17) is 0 Å². The predicted molar refractivity (Wildman–Crippen MR) is 98.4 cm³/mol. The molecule has 23 heavy (non-hydrogen) atoms. The van der Waals surface area contributed by atoms with E-state index in [-0.39, 0.29) is 5.75 Å². The van der Waals surface area contributed by atoms with Gasteiger partial charge in [-0.05, 0) is 42.5 Å². The van der Waals surface area contributed by atoms with Gasteiger partial charge in [0.25, 0.3) is 0 Å². The van der Waals surface area contributed by atoms with Crippen molar-refractivity contribution in [2.45, 2.75) is 0 Å². The van der Waals surface area contributed by atoms with Crippen LogP contribution in [0.25, 0.3) is 0 Å². The molecule has 0 spiro atoms. The molecule has 3 nitrogen and oxygen atoms in total. The summed E-state index contributed by atoms with van der Waals surface area (Å²) in [5, 5.41) is 16.4. The Labute approximate surface area is 143 Å². The summed E-state index contributed by atoms with van der Waals surface area (Å²) in [5.41, 5.74) is 2.55. The van der Waals surface area contributed by atoms with E-state index in [1.54, 1.807) is 18.3 Å². The highest BCUT2D eigenvalue weighted by molar-refractivity contribution is 9.10. The van der Waals surface area contributed by atoms with E-state index in [1.165, 1.54) is 0 Å². The predicted octanol–water partition coefficient (Wildman–Crippen LogP) is 5.33. The van der Waals surface area contributed by atoms with Crippen LogP contribution in [0.1, 0.15) is 5.56 Å². The van der Waals surface area contributed by atoms with Gasteiger partial charge in [-0.3, -0.25) is 0 Å². The van der Waals surface area contributed by atoms with Crippen LogP contribution >= 0.6 is 15.9 Å². The number of phenolic OH excluding ortho intramolecular Hbond substituents is 1. The number of halogens is 1. The van der Waals surface area contributed by atoms with Crippen LogP contribution in [0.2, 0.25) is 0 Å². The Kier molecular flexibility index (Phi) is 4.74. The lowest BCUT2D eigenvalue weighted by atomic mass is 10.2. The molecule has 0 heterocycles. The van der Waals surface area contributed by atoms with Crippen molar-refractivity contribution in [2.75, 3.05) is 5.01 Å². The van der Waals surface area contributed by atoms with Gasteiger partial charge in [0.05, 0.1) is 17.6 Å². The molecule has 0 aliphatic heterocycles. The van der Waals surface area contributed by atoms with Crippen LogP contribution in [0, 0.1) is 0 Å². The Morgan fingerprint density at radius 1 is 0.826 bits per heavy atom. The van der Waals surface area contributed by atoms with Crippen molar-refractivity contribution in [1.29, 1.82) is 0 Å². The van der Waals surface area contributed by atoms with Gasteiger partial charge in [-0.15, -0.1) is 0 Å². The first-order valence-corrected chi connectivity index (χ1v) is 7.96. The van der Waals surface area contributed by atoms with Crippen molar-refractivity contribution in [3.05, 3.63) is 88.9 Å². The smallest absolute Gasteiger partial charge is 0.124 e. The van der Waals surface area contributed by atoms with Crippen molar-refractivity contribution < 1.29 is 5.11 Å². The molecule has 4 heteroatoms. The number of aromatic hydroxyl groups is 1. The summed E-state index contributed by atoms with van der Waals surface area (Å²) in [5.74, 6) is 0.193. The van der Waals surface area contributed by atoms with E-state index >= 15 is 0 Å². The third-order valence-corrected chi connectivity index (χ3v) is 3.80. The lowest BCUT2D eigenvalue weighted by Gasteiger charge is -2.19. The third kappa shape index (κ3) is 3.79. The fourth-order valence-electron chi connectivity index (χ4n) is 2.17. The Morgan fingerprint density at radius 2 is 1.39 bits per heavy atom. The molecule has 0 radical (unpaired) electrons. The summed E-state index contributed by atoms with van der Waals surface area (Å²) in [7, 11) is 0.